The van der Waals surface area contributed by atoms with E-state index in [0.29, 0.717) is 46.2 Å². The molecule has 3 aliphatic rings. The highest BCUT2D eigenvalue weighted by molar-refractivity contribution is 6.31. The van der Waals surface area contributed by atoms with Crippen LogP contribution < -0.4 is 4.74 Å². The minimum Gasteiger partial charge on any atom is -0.456 e. The Kier molecular flexibility index (Phi) is 5.58. The van der Waals surface area contributed by atoms with E-state index in [0.717, 1.165) is 24.0 Å². The number of aliphatic hydroxyl groups is 1. The van der Waals surface area contributed by atoms with Crippen molar-refractivity contribution in [2.75, 3.05) is 13.2 Å². The molecule has 0 radical (unpaired) electrons. The van der Waals surface area contributed by atoms with Crippen LogP contribution in [0.2, 0.25) is 5.02 Å². The van der Waals surface area contributed by atoms with Gasteiger partial charge in [0.1, 0.15) is 24.1 Å². The standard InChI is InChI=1S/C26H23ClFN5O4/c27-15-8-18-25(33-26(32-18)37-21-11-36-23-20(34)10-35-24(21)23)31-17(15)7-13-2-1-12-5-14(6-16(28)22(12)13)19-9-29-3-4-30-19/h3-6,8-9,13,20-21,23-24,34H,1-2,7,10-11H2,(H,31,32,33)/t13?,20-,21-,23-,24-/m1/s1. The molecule has 2 fully saturated rings. The van der Waals surface area contributed by atoms with Gasteiger partial charge in [0.25, 0.3) is 6.01 Å². The summed E-state index contributed by atoms with van der Waals surface area (Å²) in [6, 6.07) is 5.58. The number of hydrogen-bond acceptors (Lipinski definition) is 8. The van der Waals surface area contributed by atoms with E-state index in [1.165, 1.54) is 6.07 Å². The molecule has 2 aliphatic heterocycles. The van der Waals surface area contributed by atoms with Crippen LogP contribution in [0.25, 0.3) is 22.4 Å². The minimum absolute atomic E-state index is 0.0402. The van der Waals surface area contributed by atoms with E-state index >= 15 is 4.39 Å². The second-order valence-electron chi connectivity index (χ2n) is 9.71. The number of H-pyrrole nitrogens is 1. The molecule has 0 spiro atoms. The molecule has 2 saturated heterocycles. The monoisotopic (exact) mass is 523 g/mol. The zero-order chi connectivity index (χ0) is 25.1. The van der Waals surface area contributed by atoms with Crippen LogP contribution in [0, 0.1) is 5.82 Å². The van der Waals surface area contributed by atoms with E-state index in [1.807, 2.05) is 6.07 Å². The highest BCUT2D eigenvalue weighted by Crippen LogP contribution is 2.40. The Hall–Kier alpha value is -3.18. The molecule has 0 bridgehead atoms. The van der Waals surface area contributed by atoms with Gasteiger partial charge in [0, 0.05) is 18.0 Å². The van der Waals surface area contributed by atoms with Crippen LogP contribution >= 0.6 is 11.6 Å². The summed E-state index contributed by atoms with van der Waals surface area (Å²) < 4.78 is 32.5. The lowest BCUT2D eigenvalue weighted by Crippen LogP contribution is -2.34. The summed E-state index contributed by atoms with van der Waals surface area (Å²) in [5.41, 5.74) is 4.83. The molecular weight excluding hydrogens is 501 g/mol. The van der Waals surface area contributed by atoms with Crippen LogP contribution in [0.15, 0.2) is 36.8 Å². The average molecular weight is 524 g/mol. The third-order valence-electron chi connectivity index (χ3n) is 7.41. The zero-order valence-corrected chi connectivity index (χ0v) is 20.4. The van der Waals surface area contributed by atoms with Gasteiger partial charge < -0.3 is 24.3 Å². The number of ether oxygens (including phenoxy) is 3. The van der Waals surface area contributed by atoms with Gasteiger partial charge in [0.2, 0.25) is 0 Å². The van der Waals surface area contributed by atoms with Crippen LogP contribution in [0.1, 0.15) is 29.2 Å². The maximum atomic E-state index is 15.3. The normalized spacial score (nSPS) is 26.5. The van der Waals surface area contributed by atoms with E-state index in [1.54, 1.807) is 24.7 Å². The number of imidazole rings is 1. The molecule has 1 aliphatic carbocycles. The van der Waals surface area contributed by atoms with Gasteiger partial charge in [0.05, 0.1) is 41.3 Å². The summed E-state index contributed by atoms with van der Waals surface area (Å²) in [6.45, 7) is 0.524. The number of aromatic nitrogens is 5. The van der Waals surface area contributed by atoms with E-state index < -0.39 is 6.10 Å². The van der Waals surface area contributed by atoms with Gasteiger partial charge in [-0.1, -0.05) is 11.6 Å². The molecule has 11 heteroatoms. The molecule has 37 heavy (non-hydrogen) atoms. The van der Waals surface area contributed by atoms with Crippen molar-refractivity contribution < 1.29 is 23.7 Å². The molecule has 190 valence electrons. The molecule has 9 nitrogen and oxygen atoms in total. The van der Waals surface area contributed by atoms with Crippen LogP contribution in [0.3, 0.4) is 0 Å². The summed E-state index contributed by atoms with van der Waals surface area (Å²) in [5.74, 6) is -0.286. The Morgan fingerprint density at radius 1 is 1.14 bits per heavy atom. The Morgan fingerprint density at radius 2 is 2.03 bits per heavy atom. The van der Waals surface area contributed by atoms with Crippen molar-refractivity contribution in [3.63, 3.8) is 0 Å². The molecule has 4 aromatic rings. The minimum atomic E-state index is -0.651. The quantitative estimate of drug-likeness (QED) is 0.409. The Morgan fingerprint density at radius 3 is 2.89 bits per heavy atom. The SMILES string of the molecule is O[C@@H]1CO[C@H]2[C@@H]1OC[C@H]2Oc1nc2nc(CC3CCc4cc(-c5cnccn5)cc(F)c43)c(Cl)cc2[nH]1. The molecule has 0 amide bonds. The lowest BCUT2D eigenvalue weighted by Gasteiger charge is -2.15. The van der Waals surface area contributed by atoms with Crippen molar-refractivity contribution in [3.05, 3.63) is 64.5 Å². The van der Waals surface area contributed by atoms with Crippen LogP contribution in [-0.4, -0.2) is 67.7 Å². The smallest absolute Gasteiger partial charge is 0.296 e. The first-order valence-electron chi connectivity index (χ1n) is 12.3. The predicted molar refractivity (Wildman–Crippen MR) is 131 cm³/mol. The number of benzene rings is 1. The van der Waals surface area contributed by atoms with Gasteiger partial charge in [-0.05, 0) is 54.5 Å². The highest BCUT2D eigenvalue weighted by atomic mass is 35.5. The number of aryl methyl sites for hydroxylation is 1. The Labute approximate surface area is 216 Å². The van der Waals surface area contributed by atoms with E-state index in [-0.39, 0.29) is 42.7 Å². The number of nitrogens with one attached hydrogen (secondary N) is 1. The predicted octanol–water partition coefficient (Wildman–Crippen LogP) is 3.39. The summed E-state index contributed by atoms with van der Waals surface area (Å²) in [6.07, 6.45) is 5.13. The molecule has 1 unspecified atom stereocenters. The van der Waals surface area contributed by atoms with Gasteiger partial charge in [-0.3, -0.25) is 9.97 Å². The average Bonchev–Trinajstić information content (AvgIpc) is 3.66. The number of halogens is 2. The van der Waals surface area contributed by atoms with Crippen LogP contribution in [-0.2, 0) is 22.3 Å². The van der Waals surface area contributed by atoms with Gasteiger partial charge in [-0.15, -0.1) is 0 Å². The summed E-state index contributed by atoms with van der Waals surface area (Å²) >= 11 is 6.59. The van der Waals surface area contributed by atoms with Crippen molar-refractivity contribution in [1.82, 2.24) is 24.9 Å². The maximum absolute atomic E-state index is 15.3. The van der Waals surface area contributed by atoms with Gasteiger partial charge in [-0.25, -0.2) is 9.37 Å². The molecule has 5 heterocycles. The van der Waals surface area contributed by atoms with Crippen LogP contribution in [0.5, 0.6) is 6.01 Å². The first-order valence-corrected chi connectivity index (χ1v) is 12.6. The molecule has 7 rings (SSSR count). The topological polar surface area (TPSA) is 115 Å². The van der Waals surface area contributed by atoms with Crippen molar-refractivity contribution in [1.29, 1.82) is 0 Å². The second-order valence-corrected chi connectivity index (χ2v) is 10.1. The van der Waals surface area contributed by atoms with E-state index in [2.05, 4.69) is 24.9 Å². The Balaban J connectivity index is 1.12. The molecule has 2 N–H and O–H groups in total. The molecule has 0 saturated carbocycles. The fourth-order valence-corrected chi connectivity index (χ4v) is 5.89. The Bertz CT molecular complexity index is 1490. The lowest BCUT2D eigenvalue weighted by atomic mass is 9.94. The molecular formula is C26H23ClFN5O4. The van der Waals surface area contributed by atoms with Crippen molar-refractivity contribution >= 4 is 22.8 Å². The van der Waals surface area contributed by atoms with Gasteiger partial charge >= 0.3 is 0 Å². The third-order valence-corrected chi connectivity index (χ3v) is 7.73. The second kappa shape index (κ2) is 8.98. The molecule has 1 aromatic carbocycles. The number of pyridine rings is 1. The molecule has 5 atom stereocenters. The summed E-state index contributed by atoms with van der Waals surface area (Å²) in [7, 11) is 0. The number of hydrogen-bond donors (Lipinski definition) is 2. The fourth-order valence-electron chi connectivity index (χ4n) is 5.67. The summed E-state index contributed by atoms with van der Waals surface area (Å²) in [4.78, 5) is 20.6. The van der Waals surface area contributed by atoms with Gasteiger partial charge in [0.15, 0.2) is 11.8 Å². The first-order chi connectivity index (χ1) is 18.0. The number of nitrogens with zero attached hydrogens (tertiary/aromatic N) is 4. The van der Waals surface area contributed by atoms with Crippen molar-refractivity contribution in [3.8, 4) is 17.3 Å². The van der Waals surface area contributed by atoms with Crippen molar-refractivity contribution in [2.24, 2.45) is 0 Å². The third kappa shape index (κ3) is 4.04. The van der Waals surface area contributed by atoms with E-state index in [9.17, 15) is 5.11 Å². The molecule has 3 aromatic heterocycles. The van der Waals surface area contributed by atoms with Gasteiger partial charge in [-0.2, -0.15) is 4.98 Å². The van der Waals surface area contributed by atoms with Crippen molar-refractivity contribution in [2.45, 2.75) is 49.6 Å². The fraction of sp³-hybridized carbons (Fsp3) is 0.385. The number of rotatable bonds is 5. The lowest BCUT2D eigenvalue weighted by molar-refractivity contribution is 0.00706. The number of fused-ring (bicyclic) bond motifs is 3. The summed E-state index contributed by atoms with van der Waals surface area (Å²) in [5, 5.41) is 10.4. The van der Waals surface area contributed by atoms with E-state index in [4.69, 9.17) is 25.8 Å². The zero-order valence-electron chi connectivity index (χ0n) is 19.6. The van der Waals surface area contributed by atoms with Crippen LogP contribution in [0.4, 0.5) is 4.39 Å². The highest BCUT2D eigenvalue weighted by Gasteiger charge is 2.48. The first kappa shape index (κ1) is 23.0. The number of aliphatic hydroxyl groups excluding tert-OH is 1. The maximum Gasteiger partial charge on any atom is 0.296 e. The largest absolute Gasteiger partial charge is 0.456 e. The number of aromatic amines is 1.